The molecule has 90 valence electrons. The van der Waals surface area contributed by atoms with Gasteiger partial charge in [-0.3, -0.25) is 4.79 Å². The highest BCUT2D eigenvalue weighted by Crippen LogP contribution is 2.03. The lowest BCUT2D eigenvalue weighted by atomic mass is 10.1. The third-order valence-electron chi connectivity index (χ3n) is 2.05. The van der Waals surface area contributed by atoms with Crippen LogP contribution in [0.5, 0.6) is 0 Å². The van der Waals surface area contributed by atoms with E-state index in [1.807, 2.05) is 6.07 Å². The summed E-state index contributed by atoms with van der Waals surface area (Å²) in [6.45, 7) is 1.30. The molecule has 0 saturated carbocycles. The lowest BCUT2D eigenvalue weighted by Crippen LogP contribution is -2.26. The largest absolute Gasteiger partial charge is 0.383 e. The highest BCUT2D eigenvalue weighted by atomic mass is 16.5. The molecule has 0 bridgehead atoms. The van der Waals surface area contributed by atoms with E-state index in [0.29, 0.717) is 25.3 Å². The van der Waals surface area contributed by atoms with Gasteiger partial charge in [0.15, 0.2) is 0 Å². The molecule has 3 N–H and O–H groups in total. The summed E-state index contributed by atoms with van der Waals surface area (Å²) >= 11 is 0. The molecule has 0 aliphatic carbocycles. The maximum absolute atomic E-state index is 11.7. The van der Waals surface area contributed by atoms with Crippen molar-refractivity contribution < 1.29 is 9.53 Å². The molecule has 0 atom stereocenters. The molecule has 1 aromatic carbocycles. The molecule has 0 aliphatic rings. The Bertz CT molecular complexity index is 433. The number of hydrogen-bond acceptors (Lipinski definition) is 3. The van der Waals surface area contributed by atoms with Gasteiger partial charge >= 0.3 is 0 Å². The minimum absolute atomic E-state index is 0.126. The fourth-order valence-electron chi connectivity index (χ4n) is 1.26. The molecule has 0 aliphatic heterocycles. The molecular weight excluding hydrogens is 216 g/mol. The van der Waals surface area contributed by atoms with E-state index in [9.17, 15) is 4.79 Å². The van der Waals surface area contributed by atoms with Gasteiger partial charge in [-0.2, -0.15) is 0 Å². The number of hydrogen-bond donors (Lipinski definition) is 2. The molecule has 0 saturated heterocycles. The Morgan fingerprint density at radius 3 is 3.06 bits per heavy atom. The van der Waals surface area contributed by atoms with Crippen LogP contribution in [0.15, 0.2) is 24.3 Å². The predicted molar refractivity (Wildman–Crippen MR) is 66.6 cm³/mol. The summed E-state index contributed by atoms with van der Waals surface area (Å²) in [6.07, 6.45) is 0. The minimum atomic E-state index is -0.126. The van der Waals surface area contributed by atoms with E-state index in [4.69, 9.17) is 10.5 Å². The van der Waals surface area contributed by atoms with Crippen molar-refractivity contribution in [3.63, 3.8) is 0 Å². The van der Waals surface area contributed by atoms with Gasteiger partial charge in [-0.1, -0.05) is 17.9 Å². The van der Waals surface area contributed by atoms with Gasteiger partial charge < -0.3 is 15.8 Å². The molecule has 0 spiro atoms. The fraction of sp³-hybridized carbons (Fsp3) is 0.308. The summed E-state index contributed by atoms with van der Waals surface area (Å²) < 4.78 is 4.85. The van der Waals surface area contributed by atoms with E-state index < -0.39 is 0 Å². The number of nitrogens with one attached hydrogen (secondary N) is 1. The second-order valence-electron chi connectivity index (χ2n) is 3.34. The Labute approximate surface area is 101 Å². The molecule has 1 rings (SSSR count). The number of carbonyl (C=O) groups is 1. The van der Waals surface area contributed by atoms with E-state index in [-0.39, 0.29) is 5.91 Å². The van der Waals surface area contributed by atoms with Gasteiger partial charge in [-0.15, -0.1) is 0 Å². The zero-order chi connectivity index (χ0) is 12.5. The molecule has 0 radical (unpaired) electrons. The van der Waals surface area contributed by atoms with Crippen LogP contribution in [0.1, 0.15) is 15.9 Å². The molecule has 4 heteroatoms. The number of carbonyl (C=O) groups excluding carboxylic acids is 1. The van der Waals surface area contributed by atoms with Gasteiger partial charge in [0.1, 0.15) is 0 Å². The molecule has 0 heterocycles. The monoisotopic (exact) mass is 232 g/mol. The SMILES string of the molecule is COCCNC(=O)c1cccc(C#CCN)c1. The molecule has 17 heavy (non-hydrogen) atoms. The zero-order valence-electron chi connectivity index (χ0n) is 9.82. The number of benzene rings is 1. The first-order valence-electron chi connectivity index (χ1n) is 5.34. The Morgan fingerprint density at radius 2 is 2.35 bits per heavy atom. The summed E-state index contributed by atoms with van der Waals surface area (Å²) in [5, 5.41) is 2.75. The van der Waals surface area contributed by atoms with Crippen molar-refractivity contribution in [1.29, 1.82) is 0 Å². The van der Waals surface area contributed by atoms with Crippen LogP contribution in [-0.2, 0) is 4.74 Å². The second-order valence-corrected chi connectivity index (χ2v) is 3.34. The molecule has 0 unspecified atom stereocenters. The van der Waals surface area contributed by atoms with E-state index in [0.717, 1.165) is 5.56 Å². The van der Waals surface area contributed by atoms with Gasteiger partial charge in [0.2, 0.25) is 0 Å². The summed E-state index contributed by atoms with van der Waals surface area (Å²) in [6, 6.07) is 7.13. The highest BCUT2D eigenvalue weighted by Gasteiger charge is 2.04. The van der Waals surface area contributed by atoms with Crippen molar-refractivity contribution in [1.82, 2.24) is 5.32 Å². The third kappa shape index (κ3) is 4.68. The van der Waals surface area contributed by atoms with Crippen LogP contribution in [0.3, 0.4) is 0 Å². The molecule has 0 fully saturated rings. The quantitative estimate of drug-likeness (QED) is 0.582. The number of ether oxygens (including phenoxy) is 1. The van der Waals surface area contributed by atoms with Crippen LogP contribution in [0, 0.1) is 11.8 Å². The first kappa shape index (κ1) is 13.2. The highest BCUT2D eigenvalue weighted by molar-refractivity contribution is 5.94. The normalized spacial score (nSPS) is 9.29. The van der Waals surface area contributed by atoms with Crippen LogP contribution >= 0.6 is 0 Å². The average Bonchev–Trinajstić information content (AvgIpc) is 2.37. The van der Waals surface area contributed by atoms with Crippen molar-refractivity contribution in [2.75, 3.05) is 26.8 Å². The van der Waals surface area contributed by atoms with Gasteiger partial charge in [0.05, 0.1) is 13.2 Å². The topological polar surface area (TPSA) is 64.3 Å². The number of amides is 1. The first-order valence-corrected chi connectivity index (χ1v) is 5.34. The van der Waals surface area contributed by atoms with Crippen molar-refractivity contribution in [2.45, 2.75) is 0 Å². The maximum Gasteiger partial charge on any atom is 0.251 e. The van der Waals surface area contributed by atoms with Crippen molar-refractivity contribution in [3.05, 3.63) is 35.4 Å². The van der Waals surface area contributed by atoms with Crippen molar-refractivity contribution in [2.24, 2.45) is 5.73 Å². The standard InChI is InChI=1S/C13H16N2O2/c1-17-9-8-15-13(16)12-6-2-4-11(10-12)5-3-7-14/h2,4,6,10H,7-9,14H2,1H3,(H,15,16). The third-order valence-corrected chi connectivity index (χ3v) is 2.05. The molecule has 1 amide bonds. The van der Waals surface area contributed by atoms with E-state index in [2.05, 4.69) is 17.2 Å². The molecular formula is C13H16N2O2. The summed E-state index contributed by atoms with van der Waals surface area (Å²) in [7, 11) is 1.59. The Morgan fingerprint density at radius 1 is 1.53 bits per heavy atom. The van der Waals surface area contributed by atoms with Crippen LogP contribution < -0.4 is 11.1 Å². The van der Waals surface area contributed by atoms with Crippen LogP contribution in [0.25, 0.3) is 0 Å². The number of nitrogens with two attached hydrogens (primary N) is 1. The Hall–Kier alpha value is -1.83. The first-order chi connectivity index (χ1) is 8.27. The van der Waals surface area contributed by atoms with E-state index in [1.165, 1.54) is 0 Å². The molecule has 1 aromatic rings. The predicted octanol–water partition coefficient (Wildman–Crippen LogP) is 0.373. The van der Waals surface area contributed by atoms with Crippen molar-refractivity contribution in [3.8, 4) is 11.8 Å². The summed E-state index contributed by atoms with van der Waals surface area (Å²) in [5.74, 6) is 5.51. The zero-order valence-corrected chi connectivity index (χ0v) is 9.82. The van der Waals surface area contributed by atoms with Gasteiger partial charge in [-0.25, -0.2) is 0 Å². The lowest BCUT2D eigenvalue weighted by molar-refractivity contribution is 0.0937. The smallest absolute Gasteiger partial charge is 0.251 e. The van der Waals surface area contributed by atoms with E-state index in [1.54, 1.807) is 25.3 Å². The van der Waals surface area contributed by atoms with Gasteiger partial charge in [0.25, 0.3) is 5.91 Å². The summed E-state index contributed by atoms with van der Waals surface area (Å²) in [5.41, 5.74) is 6.66. The summed E-state index contributed by atoms with van der Waals surface area (Å²) in [4.78, 5) is 11.7. The lowest BCUT2D eigenvalue weighted by Gasteiger charge is -2.04. The van der Waals surface area contributed by atoms with Crippen LogP contribution in [-0.4, -0.2) is 32.7 Å². The second kappa shape index (κ2) is 7.44. The average molecular weight is 232 g/mol. The minimum Gasteiger partial charge on any atom is -0.383 e. The fourth-order valence-corrected chi connectivity index (χ4v) is 1.26. The Kier molecular flexibility index (Phi) is 5.80. The van der Waals surface area contributed by atoms with E-state index >= 15 is 0 Å². The molecule has 0 aromatic heterocycles. The molecule has 4 nitrogen and oxygen atoms in total. The van der Waals surface area contributed by atoms with Gasteiger partial charge in [0, 0.05) is 24.8 Å². The number of rotatable bonds is 4. The van der Waals surface area contributed by atoms with Gasteiger partial charge in [-0.05, 0) is 18.2 Å². The Balaban J connectivity index is 2.67. The van der Waals surface area contributed by atoms with Crippen LogP contribution in [0.2, 0.25) is 0 Å². The maximum atomic E-state index is 11.7. The van der Waals surface area contributed by atoms with Crippen LogP contribution in [0.4, 0.5) is 0 Å². The van der Waals surface area contributed by atoms with Crippen molar-refractivity contribution >= 4 is 5.91 Å². The number of methoxy groups -OCH3 is 1.